The first kappa shape index (κ1) is 11.9. The highest BCUT2D eigenvalue weighted by Crippen LogP contribution is 2.34. The Kier molecular flexibility index (Phi) is 2.57. The molecule has 0 unspecified atom stereocenters. The zero-order chi connectivity index (χ0) is 13.7. The fraction of sp³-hybridized carbons (Fsp3) is 0.467. The number of hydrogen-bond donors (Lipinski definition) is 1. The van der Waals surface area contributed by atoms with Gasteiger partial charge >= 0.3 is 0 Å². The molecular weight excluding hydrogens is 254 g/mol. The van der Waals surface area contributed by atoms with Gasteiger partial charge in [0, 0.05) is 6.20 Å². The summed E-state index contributed by atoms with van der Waals surface area (Å²) in [5.74, 6) is -0.0509. The normalized spacial score (nSPS) is 28.1. The molecule has 0 saturated carbocycles. The molecule has 104 valence electrons. The van der Waals surface area contributed by atoms with Gasteiger partial charge < -0.3 is 10.1 Å². The van der Waals surface area contributed by atoms with Crippen LogP contribution in [-0.4, -0.2) is 33.8 Å². The average Bonchev–Trinajstić information content (AvgIpc) is 3.11. The standard InChI is InChI=1S/C15H17N3O2/c1-9-2-4-13-11(7-16-18(13)8-9)15(19)17-12-6-10-3-5-14(12)20-10/h2,4,7-8,10,12,14H,3,5-6H2,1H3,(H,17,19)/t10-,12+,14+/m0/s1. The molecule has 0 aromatic carbocycles. The molecule has 3 atom stereocenters. The van der Waals surface area contributed by atoms with Crippen LogP contribution in [0.25, 0.3) is 5.52 Å². The third-order valence-electron chi connectivity index (χ3n) is 4.33. The highest BCUT2D eigenvalue weighted by atomic mass is 16.5. The molecule has 2 bridgehead atoms. The molecule has 0 spiro atoms. The predicted molar refractivity (Wildman–Crippen MR) is 73.7 cm³/mol. The van der Waals surface area contributed by atoms with E-state index in [2.05, 4.69) is 10.4 Å². The maximum atomic E-state index is 12.4. The highest BCUT2D eigenvalue weighted by molar-refractivity contribution is 6.00. The number of ether oxygens (including phenoxy) is 1. The zero-order valence-corrected chi connectivity index (χ0v) is 11.4. The summed E-state index contributed by atoms with van der Waals surface area (Å²) in [6.07, 6.45) is 7.24. The maximum Gasteiger partial charge on any atom is 0.255 e. The molecule has 4 heterocycles. The number of nitrogens with one attached hydrogen (secondary N) is 1. The van der Waals surface area contributed by atoms with Gasteiger partial charge in [0.25, 0.3) is 5.91 Å². The van der Waals surface area contributed by atoms with Crippen molar-refractivity contribution in [2.75, 3.05) is 0 Å². The largest absolute Gasteiger partial charge is 0.373 e. The summed E-state index contributed by atoms with van der Waals surface area (Å²) in [5, 5.41) is 7.35. The van der Waals surface area contributed by atoms with Gasteiger partial charge in [0.15, 0.2) is 0 Å². The van der Waals surface area contributed by atoms with Crippen LogP contribution in [-0.2, 0) is 4.74 Å². The topological polar surface area (TPSA) is 55.6 Å². The SMILES string of the molecule is Cc1ccc2c(C(=O)N[C@@H]3C[C@@H]4CC[C@H]3O4)cnn2c1. The summed E-state index contributed by atoms with van der Waals surface area (Å²) < 4.78 is 7.52. The van der Waals surface area contributed by atoms with Crippen LogP contribution in [0.5, 0.6) is 0 Å². The lowest BCUT2D eigenvalue weighted by molar-refractivity contribution is 0.0842. The van der Waals surface area contributed by atoms with Crippen molar-refractivity contribution in [3.05, 3.63) is 35.7 Å². The number of carbonyl (C=O) groups is 1. The van der Waals surface area contributed by atoms with Crippen LogP contribution in [0.2, 0.25) is 0 Å². The Morgan fingerprint density at radius 3 is 3.10 bits per heavy atom. The fourth-order valence-corrected chi connectivity index (χ4v) is 3.30. The second-order valence-corrected chi connectivity index (χ2v) is 5.78. The van der Waals surface area contributed by atoms with Crippen molar-refractivity contribution in [2.24, 2.45) is 0 Å². The van der Waals surface area contributed by atoms with Gasteiger partial charge in [-0.05, 0) is 37.8 Å². The Bertz CT molecular complexity index is 679. The molecule has 1 amide bonds. The third-order valence-corrected chi connectivity index (χ3v) is 4.33. The van der Waals surface area contributed by atoms with Crippen molar-refractivity contribution in [1.29, 1.82) is 0 Å². The zero-order valence-electron chi connectivity index (χ0n) is 11.4. The minimum absolute atomic E-state index is 0.0509. The van der Waals surface area contributed by atoms with Gasteiger partial charge in [-0.3, -0.25) is 4.79 Å². The first-order valence-electron chi connectivity index (χ1n) is 7.11. The summed E-state index contributed by atoms with van der Waals surface area (Å²) in [4.78, 5) is 12.4. The van der Waals surface area contributed by atoms with Gasteiger partial charge in [0.2, 0.25) is 0 Å². The monoisotopic (exact) mass is 271 g/mol. The summed E-state index contributed by atoms with van der Waals surface area (Å²) >= 11 is 0. The lowest BCUT2D eigenvalue weighted by Crippen LogP contribution is -2.41. The van der Waals surface area contributed by atoms with Gasteiger partial charge in [-0.15, -0.1) is 0 Å². The van der Waals surface area contributed by atoms with E-state index in [1.165, 1.54) is 0 Å². The number of pyridine rings is 1. The van der Waals surface area contributed by atoms with Gasteiger partial charge in [0.1, 0.15) is 0 Å². The van der Waals surface area contributed by atoms with E-state index < -0.39 is 0 Å². The number of hydrogen-bond acceptors (Lipinski definition) is 3. The van der Waals surface area contributed by atoms with E-state index in [1.807, 2.05) is 25.3 Å². The van der Waals surface area contributed by atoms with Crippen LogP contribution in [0.3, 0.4) is 0 Å². The van der Waals surface area contributed by atoms with E-state index in [0.29, 0.717) is 11.7 Å². The van der Waals surface area contributed by atoms with Crippen molar-refractivity contribution < 1.29 is 9.53 Å². The number of aryl methyl sites for hydroxylation is 1. The van der Waals surface area contributed by atoms with Crippen LogP contribution in [0.15, 0.2) is 24.5 Å². The van der Waals surface area contributed by atoms with Crippen LogP contribution in [0, 0.1) is 6.92 Å². The fourth-order valence-electron chi connectivity index (χ4n) is 3.30. The molecule has 2 fully saturated rings. The lowest BCUT2D eigenvalue weighted by Gasteiger charge is -2.19. The number of nitrogens with zero attached hydrogens (tertiary/aromatic N) is 2. The molecule has 1 N–H and O–H groups in total. The summed E-state index contributed by atoms with van der Waals surface area (Å²) in [6, 6.07) is 4.09. The summed E-state index contributed by atoms with van der Waals surface area (Å²) in [5.41, 5.74) is 2.60. The predicted octanol–water partition coefficient (Wildman–Crippen LogP) is 1.69. The van der Waals surface area contributed by atoms with E-state index in [4.69, 9.17) is 4.74 Å². The molecule has 5 nitrogen and oxygen atoms in total. The Labute approximate surface area is 116 Å². The molecule has 5 heteroatoms. The Hall–Kier alpha value is -1.88. The number of aromatic nitrogens is 2. The van der Waals surface area contributed by atoms with Gasteiger partial charge in [0.05, 0.1) is 35.5 Å². The van der Waals surface area contributed by atoms with Crippen LogP contribution < -0.4 is 5.32 Å². The van der Waals surface area contributed by atoms with E-state index >= 15 is 0 Å². The van der Waals surface area contributed by atoms with Crippen molar-refractivity contribution in [2.45, 2.75) is 44.4 Å². The van der Waals surface area contributed by atoms with E-state index in [1.54, 1.807) is 10.7 Å². The second-order valence-electron chi connectivity index (χ2n) is 5.78. The molecule has 2 aliphatic heterocycles. The second kappa shape index (κ2) is 4.31. The lowest BCUT2D eigenvalue weighted by atomic mass is 9.95. The van der Waals surface area contributed by atoms with Crippen LogP contribution in [0.1, 0.15) is 35.2 Å². The molecule has 0 radical (unpaired) electrons. The molecule has 4 rings (SSSR count). The van der Waals surface area contributed by atoms with Gasteiger partial charge in [-0.2, -0.15) is 5.10 Å². The molecule has 2 aromatic heterocycles. The third kappa shape index (κ3) is 1.81. The Balaban J connectivity index is 1.58. The van der Waals surface area contributed by atoms with Crippen LogP contribution >= 0.6 is 0 Å². The minimum atomic E-state index is -0.0509. The smallest absolute Gasteiger partial charge is 0.255 e. The number of carbonyl (C=O) groups excluding carboxylic acids is 1. The molecule has 0 aliphatic carbocycles. The van der Waals surface area contributed by atoms with E-state index in [-0.39, 0.29) is 18.1 Å². The molecule has 2 aromatic rings. The van der Waals surface area contributed by atoms with Crippen LogP contribution in [0.4, 0.5) is 0 Å². The van der Waals surface area contributed by atoms with Gasteiger partial charge in [-0.1, -0.05) is 6.07 Å². The summed E-state index contributed by atoms with van der Waals surface area (Å²) in [7, 11) is 0. The highest BCUT2D eigenvalue weighted by Gasteiger charge is 2.41. The minimum Gasteiger partial charge on any atom is -0.373 e. The Morgan fingerprint density at radius 2 is 2.35 bits per heavy atom. The molecule has 2 saturated heterocycles. The van der Waals surface area contributed by atoms with Crippen molar-refractivity contribution in [3.63, 3.8) is 0 Å². The number of amides is 1. The van der Waals surface area contributed by atoms with Crippen molar-refractivity contribution in [1.82, 2.24) is 14.9 Å². The number of fused-ring (bicyclic) bond motifs is 3. The maximum absolute atomic E-state index is 12.4. The quantitative estimate of drug-likeness (QED) is 0.904. The average molecular weight is 271 g/mol. The van der Waals surface area contributed by atoms with E-state index in [9.17, 15) is 4.79 Å². The van der Waals surface area contributed by atoms with Crippen molar-refractivity contribution in [3.8, 4) is 0 Å². The van der Waals surface area contributed by atoms with E-state index in [0.717, 1.165) is 30.3 Å². The molecular formula is C15H17N3O2. The number of rotatable bonds is 2. The van der Waals surface area contributed by atoms with Gasteiger partial charge in [-0.25, -0.2) is 4.52 Å². The first-order chi connectivity index (χ1) is 9.70. The molecule has 2 aliphatic rings. The molecule has 20 heavy (non-hydrogen) atoms. The Morgan fingerprint density at radius 1 is 1.45 bits per heavy atom. The van der Waals surface area contributed by atoms with Crippen molar-refractivity contribution >= 4 is 11.4 Å². The first-order valence-corrected chi connectivity index (χ1v) is 7.11. The summed E-state index contributed by atoms with van der Waals surface area (Å²) in [6.45, 7) is 2.01.